The van der Waals surface area contributed by atoms with E-state index in [0.717, 1.165) is 19.5 Å². The summed E-state index contributed by atoms with van der Waals surface area (Å²) in [5.41, 5.74) is 6.50. The Morgan fingerprint density at radius 2 is 1.84 bits per heavy atom. The molecule has 0 amide bonds. The van der Waals surface area contributed by atoms with Crippen molar-refractivity contribution in [1.29, 1.82) is 0 Å². The predicted molar refractivity (Wildman–Crippen MR) is 82.5 cm³/mol. The van der Waals surface area contributed by atoms with Gasteiger partial charge in [0.2, 0.25) is 0 Å². The molecule has 2 heteroatoms. The monoisotopic (exact) mass is 252 g/mol. The fraction of sp³-hybridized carbons (Fsp3) is 0.294. The van der Waals surface area contributed by atoms with Gasteiger partial charge in [-0.3, -0.25) is 0 Å². The van der Waals surface area contributed by atoms with Gasteiger partial charge in [0, 0.05) is 18.8 Å². The molecule has 1 aliphatic rings. The SMILES string of the molecule is Cc1ccc(C)c(N2CCCNc3ccccc32)c1. The van der Waals surface area contributed by atoms with Crippen LogP contribution in [0.4, 0.5) is 17.1 Å². The van der Waals surface area contributed by atoms with Crippen LogP contribution in [0, 0.1) is 13.8 Å². The van der Waals surface area contributed by atoms with Gasteiger partial charge in [0.25, 0.3) is 0 Å². The highest BCUT2D eigenvalue weighted by Gasteiger charge is 2.17. The van der Waals surface area contributed by atoms with E-state index < -0.39 is 0 Å². The van der Waals surface area contributed by atoms with Crippen LogP contribution in [0.15, 0.2) is 42.5 Å². The molecule has 1 heterocycles. The van der Waals surface area contributed by atoms with Crippen LogP contribution in [-0.2, 0) is 0 Å². The average molecular weight is 252 g/mol. The Bertz CT molecular complexity index is 590. The second-order valence-corrected chi connectivity index (χ2v) is 5.24. The van der Waals surface area contributed by atoms with E-state index in [1.54, 1.807) is 0 Å². The van der Waals surface area contributed by atoms with Gasteiger partial charge < -0.3 is 10.2 Å². The summed E-state index contributed by atoms with van der Waals surface area (Å²) < 4.78 is 0. The quantitative estimate of drug-likeness (QED) is 0.816. The molecule has 0 unspecified atom stereocenters. The largest absolute Gasteiger partial charge is 0.383 e. The van der Waals surface area contributed by atoms with Crippen LogP contribution in [0.1, 0.15) is 17.5 Å². The number of hydrogen-bond acceptors (Lipinski definition) is 2. The molecular formula is C17H20N2. The number of fused-ring (bicyclic) bond motifs is 1. The van der Waals surface area contributed by atoms with Crippen LogP contribution in [0.2, 0.25) is 0 Å². The number of aryl methyl sites for hydroxylation is 2. The third-order valence-electron chi connectivity index (χ3n) is 3.72. The summed E-state index contributed by atoms with van der Waals surface area (Å²) >= 11 is 0. The summed E-state index contributed by atoms with van der Waals surface area (Å²) in [6.45, 7) is 6.45. The van der Waals surface area contributed by atoms with E-state index in [1.807, 2.05) is 0 Å². The minimum Gasteiger partial charge on any atom is -0.383 e. The van der Waals surface area contributed by atoms with Crippen LogP contribution in [-0.4, -0.2) is 13.1 Å². The zero-order valence-corrected chi connectivity index (χ0v) is 11.6. The van der Waals surface area contributed by atoms with E-state index in [1.165, 1.54) is 28.2 Å². The molecule has 0 aliphatic carbocycles. The van der Waals surface area contributed by atoms with E-state index in [0.29, 0.717) is 0 Å². The highest BCUT2D eigenvalue weighted by Crippen LogP contribution is 2.35. The number of nitrogens with zero attached hydrogens (tertiary/aromatic N) is 1. The number of benzene rings is 2. The molecule has 0 atom stereocenters. The average Bonchev–Trinajstić information content (AvgIpc) is 2.64. The topological polar surface area (TPSA) is 15.3 Å². The van der Waals surface area contributed by atoms with Crippen molar-refractivity contribution < 1.29 is 0 Å². The van der Waals surface area contributed by atoms with Gasteiger partial charge in [-0.15, -0.1) is 0 Å². The summed E-state index contributed by atoms with van der Waals surface area (Å²) in [6.07, 6.45) is 1.15. The van der Waals surface area contributed by atoms with Crippen molar-refractivity contribution in [3.63, 3.8) is 0 Å². The third-order valence-corrected chi connectivity index (χ3v) is 3.72. The molecule has 0 spiro atoms. The van der Waals surface area contributed by atoms with Crippen molar-refractivity contribution in [3.05, 3.63) is 53.6 Å². The Kier molecular flexibility index (Phi) is 3.16. The van der Waals surface area contributed by atoms with Crippen molar-refractivity contribution in [2.45, 2.75) is 20.3 Å². The zero-order chi connectivity index (χ0) is 13.2. The number of hydrogen-bond donors (Lipinski definition) is 1. The number of anilines is 3. The maximum Gasteiger partial charge on any atom is 0.0646 e. The molecule has 0 radical (unpaired) electrons. The molecule has 0 saturated heterocycles. The van der Waals surface area contributed by atoms with Gasteiger partial charge in [-0.1, -0.05) is 24.3 Å². The summed E-state index contributed by atoms with van der Waals surface area (Å²) in [7, 11) is 0. The Balaban J connectivity index is 2.11. The Labute approximate surface area is 115 Å². The van der Waals surface area contributed by atoms with E-state index in [-0.39, 0.29) is 0 Å². The van der Waals surface area contributed by atoms with Crippen LogP contribution in [0.25, 0.3) is 0 Å². The van der Waals surface area contributed by atoms with E-state index >= 15 is 0 Å². The summed E-state index contributed by atoms with van der Waals surface area (Å²) in [5.74, 6) is 0. The van der Waals surface area contributed by atoms with Crippen molar-refractivity contribution in [3.8, 4) is 0 Å². The molecule has 3 rings (SSSR count). The summed E-state index contributed by atoms with van der Waals surface area (Å²) in [5, 5.41) is 3.52. The predicted octanol–water partition coefficient (Wildman–Crippen LogP) is 4.26. The maximum atomic E-state index is 3.52. The molecule has 0 bridgehead atoms. The van der Waals surface area contributed by atoms with Crippen LogP contribution < -0.4 is 10.2 Å². The van der Waals surface area contributed by atoms with Gasteiger partial charge in [0.1, 0.15) is 0 Å². The molecule has 0 fully saturated rings. The lowest BCUT2D eigenvalue weighted by Gasteiger charge is -2.26. The van der Waals surface area contributed by atoms with E-state index in [9.17, 15) is 0 Å². The molecule has 1 N–H and O–H groups in total. The molecule has 19 heavy (non-hydrogen) atoms. The lowest BCUT2D eigenvalue weighted by atomic mass is 10.1. The van der Waals surface area contributed by atoms with Crippen molar-refractivity contribution >= 4 is 17.1 Å². The second kappa shape index (κ2) is 4.96. The lowest BCUT2D eigenvalue weighted by Crippen LogP contribution is -2.18. The molecule has 98 valence electrons. The molecule has 0 aromatic heterocycles. The summed E-state index contributed by atoms with van der Waals surface area (Å²) in [6, 6.07) is 15.3. The minimum absolute atomic E-state index is 1.04. The first-order chi connectivity index (χ1) is 9.25. The minimum atomic E-state index is 1.04. The molecule has 2 nitrogen and oxygen atoms in total. The van der Waals surface area contributed by atoms with Gasteiger partial charge in [-0.25, -0.2) is 0 Å². The molecule has 2 aromatic carbocycles. The standard InChI is InChI=1S/C17H20N2/c1-13-8-9-14(2)17(12-13)19-11-5-10-18-15-6-3-4-7-16(15)19/h3-4,6-9,12,18H,5,10-11H2,1-2H3. The van der Waals surface area contributed by atoms with E-state index in [2.05, 4.69) is 66.5 Å². The Morgan fingerprint density at radius 1 is 1.00 bits per heavy atom. The maximum absolute atomic E-state index is 3.52. The van der Waals surface area contributed by atoms with Crippen LogP contribution in [0.5, 0.6) is 0 Å². The van der Waals surface area contributed by atoms with Crippen molar-refractivity contribution in [2.75, 3.05) is 23.3 Å². The number of para-hydroxylation sites is 2. The zero-order valence-electron chi connectivity index (χ0n) is 11.6. The normalized spacial score (nSPS) is 14.5. The van der Waals surface area contributed by atoms with Gasteiger partial charge in [0.15, 0.2) is 0 Å². The van der Waals surface area contributed by atoms with Crippen LogP contribution in [0.3, 0.4) is 0 Å². The third kappa shape index (κ3) is 2.30. The fourth-order valence-corrected chi connectivity index (χ4v) is 2.70. The Hall–Kier alpha value is -1.96. The van der Waals surface area contributed by atoms with Crippen LogP contribution >= 0.6 is 0 Å². The number of rotatable bonds is 1. The summed E-state index contributed by atoms with van der Waals surface area (Å²) in [4.78, 5) is 2.44. The highest BCUT2D eigenvalue weighted by molar-refractivity contribution is 5.78. The van der Waals surface area contributed by atoms with Crippen molar-refractivity contribution in [1.82, 2.24) is 0 Å². The first-order valence-electron chi connectivity index (χ1n) is 6.93. The first-order valence-corrected chi connectivity index (χ1v) is 6.93. The van der Waals surface area contributed by atoms with Gasteiger partial charge in [-0.2, -0.15) is 0 Å². The van der Waals surface area contributed by atoms with E-state index in [4.69, 9.17) is 0 Å². The smallest absolute Gasteiger partial charge is 0.0646 e. The highest BCUT2D eigenvalue weighted by atomic mass is 15.2. The van der Waals surface area contributed by atoms with Gasteiger partial charge in [0.05, 0.1) is 11.4 Å². The fourth-order valence-electron chi connectivity index (χ4n) is 2.70. The molecule has 0 saturated carbocycles. The Morgan fingerprint density at radius 3 is 2.74 bits per heavy atom. The molecule has 2 aromatic rings. The molecule has 1 aliphatic heterocycles. The van der Waals surface area contributed by atoms with Gasteiger partial charge >= 0.3 is 0 Å². The number of nitrogens with one attached hydrogen (secondary N) is 1. The van der Waals surface area contributed by atoms with Crippen molar-refractivity contribution in [2.24, 2.45) is 0 Å². The van der Waals surface area contributed by atoms with Gasteiger partial charge in [-0.05, 0) is 49.6 Å². The second-order valence-electron chi connectivity index (χ2n) is 5.24. The first kappa shape index (κ1) is 12.1. The lowest BCUT2D eigenvalue weighted by molar-refractivity contribution is 0.861. The molecular weight excluding hydrogens is 232 g/mol.